The highest BCUT2D eigenvalue weighted by atomic mass is 19.2. The molecule has 1 amide bonds. The van der Waals surface area contributed by atoms with Gasteiger partial charge in [0.2, 0.25) is 0 Å². The summed E-state index contributed by atoms with van der Waals surface area (Å²) < 4.78 is 25.7. The maximum Gasteiger partial charge on any atom is 0.251 e. The van der Waals surface area contributed by atoms with Crippen molar-refractivity contribution in [2.75, 3.05) is 5.32 Å². The van der Waals surface area contributed by atoms with Crippen LogP contribution in [0.15, 0.2) is 43.0 Å². The molecule has 0 aliphatic heterocycles. The minimum Gasteiger partial charge on any atom is -0.390 e. The molecule has 0 bridgehead atoms. The van der Waals surface area contributed by atoms with Crippen molar-refractivity contribution in [3.05, 3.63) is 60.2 Å². The molecule has 32 heavy (non-hydrogen) atoms. The lowest BCUT2D eigenvalue weighted by atomic mass is 9.92. The number of hydrogen-bond acceptors (Lipinski definition) is 7. The fraction of sp³-hybridized carbons (Fsp3) is 0.333. The van der Waals surface area contributed by atoms with Gasteiger partial charge in [0.25, 0.3) is 5.91 Å². The molecule has 5 N–H and O–H groups in total. The largest absolute Gasteiger partial charge is 0.390 e. The predicted molar refractivity (Wildman–Crippen MR) is 111 cm³/mol. The highest BCUT2D eigenvalue weighted by molar-refractivity contribution is 6.05. The number of anilines is 1. The maximum absolute atomic E-state index is 13.0. The lowest BCUT2D eigenvalue weighted by molar-refractivity contribution is -0.112. The summed E-state index contributed by atoms with van der Waals surface area (Å²) in [6.07, 6.45) is 0.692. The Bertz CT molecular complexity index is 1120. The zero-order chi connectivity index (χ0) is 23.4. The monoisotopic (exact) mass is 447 g/mol. The molecule has 0 radical (unpaired) electrons. The molecular formula is C21H23F2N5O4. The predicted octanol–water partition coefficient (Wildman–Crippen LogP) is 2.00. The van der Waals surface area contributed by atoms with Gasteiger partial charge in [-0.2, -0.15) is 0 Å². The minimum atomic E-state index is -1.10. The number of H-pyrrole nitrogens is 1. The van der Waals surface area contributed by atoms with Crippen LogP contribution in [-0.4, -0.2) is 53.4 Å². The van der Waals surface area contributed by atoms with Crippen molar-refractivity contribution in [3.63, 3.8) is 0 Å². The van der Waals surface area contributed by atoms with Crippen LogP contribution in [0.2, 0.25) is 0 Å². The van der Waals surface area contributed by atoms with E-state index in [9.17, 15) is 28.9 Å². The molecule has 11 heteroatoms. The van der Waals surface area contributed by atoms with E-state index in [-0.39, 0.29) is 11.5 Å². The minimum absolute atomic E-state index is 0.210. The number of nitrogens with zero attached hydrogens (tertiary/aromatic N) is 3. The summed E-state index contributed by atoms with van der Waals surface area (Å²) in [6, 6.07) is 3.13. The summed E-state index contributed by atoms with van der Waals surface area (Å²) in [5.74, 6) is -2.42. The molecule has 170 valence electrons. The first kappa shape index (κ1) is 23.4. The standard InChI is InChI=1S/C12H14F2O3.C9H9N5O/c13-8-3-1-6(5-9(8)14)11(16)7-2-4-10(15)12(7)17;1-5(2)9(15)14-8-6-7(11-3-10-6)12-4-13-8/h1,3,5,7,10-12,15-17H,2,4H2;3-4H,1H2,2H3,(H2,10,11,12,13,14,15). The van der Waals surface area contributed by atoms with Crippen molar-refractivity contribution < 1.29 is 28.9 Å². The number of imidazole rings is 1. The number of aromatic amines is 1. The van der Waals surface area contributed by atoms with E-state index in [4.69, 9.17) is 0 Å². The highest BCUT2D eigenvalue weighted by Gasteiger charge is 2.38. The molecule has 4 unspecified atom stereocenters. The molecule has 9 nitrogen and oxygen atoms in total. The van der Waals surface area contributed by atoms with Crippen LogP contribution in [0.4, 0.5) is 14.6 Å². The van der Waals surface area contributed by atoms with Crippen LogP contribution in [0.25, 0.3) is 11.2 Å². The molecule has 4 rings (SSSR count). The SMILES string of the molecule is C=C(C)C(=O)Nc1ncnc2nc[nH]c12.OC1CCC(C(O)c2ccc(F)c(F)c2)C1O. The first-order chi connectivity index (χ1) is 15.2. The Morgan fingerprint density at radius 3 is 2.59 bits per heavy atom. The fourth-order valence-electron chi connectivity index (χ4n) is 3.35. The Morgan fingerprint density at radius 2 is 1.97 bits per heavy atom. The quantitative estimate of drug-likeness (QED) is 0.385. The van der Waals surface area contributed by atoms with E-state index < -0.39 is 35.9 Å². The topological polar surface area (TPSA) is 144 Å². The van der Waals surface area contributed by atoms with Crippen molar-refractivity contribution in [1.82, 2.24) is 19.9 Å². The second-order valence-electron chi connectivity index (χ2n) is 7.48. The van der Waals surface area contributed by atoms with E-state index in [2.05, 4.69) is 31.8 Å². The Balaban J connectivity index is 0.000000182. The zero-order valence-electron chi connectivity index (χ0n) is 17.2. The van der Waals surface area contributed by atoms with Crippen molar-refractivity contribution in [2.24, 2.45) is 5.92 Å². The van der Waals surface area contributed by atoms with E-state index in [1.165, 1.54) is 18.7 Å². The van der Waals surface area contributed by atoms with E-state index >= 15 is 0 Å². The van der Waals surface area contributed by atoms with E-state index in [0.717, 1.165) is 12.1 Å². The summed E-state index contributed by atoms with van der Waals surface area (Å²) in [6.45, 7) is 5.16. The van der Waals surface area contributed by atoms with Gasteiger partial charge in [0.05, 0.1) is 24.6 Å². The van der Waals surface area contributed by atoms with Crippen molar-refractivity contribution in [1.29, 1.82) is 0 Å². The number of aliphatic hydroxyl groups excluding tert-OH is 3. The molecule has 1 aromatic carbocycles. The third kappa shape index (κ3) is 5.13. The van der Waals surface area contributed by atoms with Gasteiger partial charge >= 0.3 is 0 Å². The lowest BCUT2D eigenvalue weighted by Crippen LogP contribution is -2.28. The van der Waals surface area contributed by atoms with Gasteiger partial charge in [-0.25, -0.2) is 23.7 Å². The molecule has 1 fully saturated rings. The smallest absolute Gasteiger partial charge is 0.251 e. The van der Waals surface area contributed by atoms with Gasteiger partial charge in [-0.15, -0.1) is 0 Å². The van der Waals surface area contributed by atoms with Gasteiger partial charge in [0, 0.05) is 11.5 Å². The number of carbonyl (C=O) groups is 1. The highest BCUT2D eigenvalue weighted by Crippen LogP contribution is 2.36. The number of amides is 1. The lowest BCUT2D eigenvalue weighted by Gasteiger charge is -2.22. The van der Waals surface area contributed by atoms with Gasteiger partial charge in [-0.1, -0.05) is 12.6 Å². The molecule has 2 aromatic heterocycles. The van der Waals surface area contributed by atoms with Crippen molar-refractivity contribution in [2.45, 2.75) is 38.1 Å². The van der Waals surface area contributed by atoms with Crippen molar-refractivity contribution in [3.8, 4) is 0 Å². The number of aromatic nitrogens is 4. The third-order valence-corrected chi connectivity index (χ3v) is 5.16. The summed E-state index contributed by atoms with van der Waals surface area (Å²) >= 11 is 0. The second-order valence-corrected chi connectivity index (χ2v) is 7.48. The first-order valence-electron chi connectivity index (χ1n) is 9.79. The van der Waals surface area contributed by atoms with E-state index in [0.29, 0.717) is 35.4 Å². The first-order valence-corrected chi connectivity index (χ1v) is 9.79. The van der Waals surface area contributed by atoms with Crippen LogP contribution in [0.3, 0.4) is 0 Å². The third-order valence-electron chi connectivity index (χ3n) is 5.16. The van der Waals surface area contributed by atoms with Gasteiger partial charge in [0.15, 0.2) is 23.1 Å². The number of rotatable bonds is 4. The summed E-state index contributed by atoms with van der Waals surface area (Å²) in [7, 11) is 0. The number of carbonyl (C=O) groups excluding carboxylic acids is 1. The average molecular weight is 447 g/mol. The molecule has 0 saturated heterocycles. The Labute approximate surface area is 181 Å². The summed E-state index contributed by atoms with van der Waals surface area (Å²) in [5.41, 5.74) is 1.75. The van der Waals surface area contributed by atoms with Crippen LogP contribution >= 0.6 is 0 Å². The van der Waals surface area contributed by atoms with Crippen molar-refractivity contribution >= 4 is 22.9 Å². The van der Waals surface area contributed by atoms with Gasteiger partial charge < -0.3 is 25.6 Å². The van der Waals surface area contributed by atoms with Gasteiger partial charge in [-0.05, 0) is 37.5 Å². The van der Waals surface area contributed by atoms with Gasteiger partial charge in [-0.3, -0.25) is 4.79 Å². The number of halogens is 2. The second kappa shape index (κ2) is 9.90. The average Bonchev–Trinajstić information content (AvgIpc) is 3.37. The van der Waals surface area contributed by atoms with Crippen LogP contribution in [0.5, 0.6) is 0 Å². The van der Waals surface area contributed by atoms with Crippen LogP contribution in [-0.2, 0) is 4.79 Å². The maximum atomic E-state index is 13.0. The molecule has 4 atom stereocenters. The molecule has 2 heterocycles. The zero-order valence-corrected chi connectivity index (χ0v) is 17.2. The van der Waals surface area contributed by atoms with Crippen LogP contribution in [0.1, 0.15) is 31.4 Å². The fourth-order valence-corrected chi connectivity index (χ4v) is 3.35. The Kier molecular flexibility index (Phi) is 7.23. The number of nitrogens with one attached hydrogen (secondary N) is 2. The Morgan fingerprint density at radius 1 is 1.22 bits per heavy atom. The Hall–Kier alpha value is -3.28. The molecule has 3 aromatic rings. The molecule has 0 spiro atoms. The van der Waals surface area contributed by atoms with Gasteiger partial charge in [0.1, 0.15) is 11.8 Å². The molecular weight excluding hydrogens is 424 g/mol. The van der Waals surface area contributed by atoms with Crippen LogP contribution < -0.4 is 5.32 Å². The van der Waals surface area contributed by atoms with Crippen LogP contribution in [0, 0.1) is 17.6 Å². The number of aliphatic hydroxyl groups is 3. The molecule has 1 aliphatic carbocycles. The number of hydrogen-bond donors (Lipinski definition) is 5. The number of fused-ring (bicyclic) bond motifs is 1. The van der Waals surface area contributed by atoms with E-state index in [1.807, 2.05) is 0 Å². The normalized spacial score (nSPS) is 21.0. The molecule has 1 aliphatic rings. The number of benzene rings is 1. The summed E-state index contributed by atoms with van der Waals surface area (Å²) in [5, 5.41) is 31.6. The summed E-state index contributed by atoms with van der Waals surface area (Å²) in [4.78, 5) is 26.0. The molecule has 1 saturated carbocycles. The van der Waals surface area contributed by atoms with E-state index in [1.54, 1.807) is 6.92 Å².